The molecule has 0 atom stereocenters. The molecule has 0 fully saturated rings. The van der Waals surface area contributed by atoms with Gasteiger partial charge in [0, 0.05) is 48.9 Å². The van der Waals surface area contributed by atoms with Crippen molar-refractivity contribution < 1.29 is 31.5 Å². The Labute approximate surface area is 213 Å². The molecule has 4 rings (SSSR count). The van der Waals surface area contributed by atoms with E-state index in [4.69, 9.17) is 0 Å². The number of carbonyl (C=O) groups excluding carboxylic acids is 1. The van der Waals surface area contributed by atoms with Gasteiger partial charge in [0.25, 0.3) is 0 Å². The van der Waals surface area contributed by atoms with Crippen LogP contribution in [0.1, 0.15) is 11.1 Å². The van der Waals surface area contributed by atoms with Gasteiger partial charge in [-0.2, -0.15) is 13.2 Å². The molecule has 1 aromatic carbocycles. The topological polar surface area (TPSA) is 92.3 Å². The van der Waals surface area contributed by atoms with Crippen LogP contribution in [-0.2, 0) is 17.4 Å². The minimum atomic E-state index is -4.77. The summed E-state index contributed by atoms with van der Waals surface area (Å²) in [7, 11) is 2.93. The highest BCUT2D eigenvalue weighted by Crippen LogP contribution is 2.36. The number of alkyl halides is 3. The molecule has 0 aliphatic carbocycles. The highest BCUT2D eigenvalue weighted by atomic mass is 19.4. The van der Waals surface area contributed by atoms with Crippen molar-refractivity contribution in [3.05, 3.63) is 83.6 Å². The van der Waals surface area contributed by atoms with E-state index in [2.05, 4.69) is 30.3 Å². The number of anilines is 2. The number of pyridine rings is 1. The summed E-state index contributed by atoms with van der Waals surface area (Å²) in [5, 5.41) is 5.21. The molecule has 2 aromatic heterocycles. The summed E-state index contributed by atoms with van der Waals surface area (Å²) < 4.78 is 73.7. The number of rotatable bonds is 7. The molecule has 0 spiro atoms. The van der Waals surface area contributed by atoms with Crippen molar-refractivity contribution in [3.8, 4) is 17.0 Å². The van der Waals surface area contributed by atoms with Crippen LogP contribution in [0, 0.1) is 11.6 Å². The Morgan fingerprint density at radius 1 is 1.08 bits per heavy atom. The SMILES string of the molecule is COc1ncc(NC(=O)Cc2cc(F)c(-c3cnc(NC4=CN(C)CC=C4)nc3)cc2F)cc1C(F)(F)F. The lowest BCUT2D eigenvalue weighted by atomic mass is 10.0. The molecular weight excluding hydrogens is 511 g/mol. The zero-order valence-electron chi connectivity index (χ0n) is 20.1. The van der Waals surface area contributed by atoms with Crippen LogP contribution < -0.4 is 15.4 Å². The summed E-state index contributed by atoms with van der Waals surface area (Å²) >= 11 is 0. The summed E-state index contributed by atoms with van der Waals surface area (Å²) in [6.45, 7) is 0.769. The van der Waals surface area contributed by atoms with Crippen molar-refractivity contribution in [2.24, 2.45) is 0 Å². The second-order valence-corrected chi connectivity index (χ2v) is 8.27. The van der Waals surface area contributed by atoms with E-state index < -0.39 is 41.6 Å². The first-order valence-electron chi connectivity index (χ1n) is 11.1. The van der Waals surface area contributed by atoms with Crippen molar-refractivity contribution in [3.63, 3.8) is 0 Å². The summed E-state index contributed by atoms with van der Waals surface area (Å²) in [4.78, 5) is 26.1. The third-order valence-electron chi connectivity index (χ3n) is 5.39. The van der Waals surface area contributed by atoms with Crippen LogP contribution in [0.3, 0.4) is 0 Å². The van der Waals surface area contributed by atoms with Gasteiger partial charge in [0.2, 0.25) is 17.7 Å². The van der Waals surface area contributed by atoms with Crippen molar-refractivity contribution >= 4 is 17.5 Å². The fourth-order valence-corrected chi connectivity index (χ4v) is 3.62. The number of likely N-dealkylation sites (N-methyl/N-ethyl adjacent to an activating group) is 1. The second-order valence-electron chi connectivity index (χ2n) is 8.27. The van der Waals surface area contributed by atoms with Gasteiger partial charge in [-0.05, 0) is 24.3 Å². The van der Waals surface area contributed by atoms with E-state index in [1.165, 1.54) is 12.4 Å². The van der Waals surface area contributed by atoms with Gasteiger partial charge >= 0.3 is 6.18 Å². The first kappa shape index (κ1) is 26.5. The quantitative estimate of drug-likeness (QED) is 0.423. The van der Waals surface area contributed by atoms with E-state index in [1.54, 1.807) is 0 Å². The fourth-order valence-electron chi connectivity index (χ4n) is 3.62. The molecule has 0 saturated carbocycles. The maximum atomic E-state index is 14.8. The fraction of sp³-hybridized carbons (Fsp3) is 0.200. The molecule has 13 heteroatoms. The van der Waals surface area contributed by atoms with Gasteiger partial charge in [-0.1, -0.05) is 6.08 Å². The molecule has 1 aliphatic heterocycles. The number of carbonyl (C=O) groups is 1. The van der Waals surface area contributed by atoms with Crippen molar-refractivity contribution in [2.75, 3.05) is 31.3 Å². The van der Waals surface area contributed by atoms with E-state index >= 15 is 0 Å². The maximum Gasteiger partial charge on any atom is 0.421 e. The molecule has 8 nitrogen and oxygen atoms in total. The molecule has 3 heterocycles. The van der Waals surface area contributed by atoms with Gasteiger partial charge in [0.1, 0.15) is 17.2 Å². The van der Waals surface area contributed by atoms with E-state index in [0.29, 0.717) is 6.07 Å². The number of hydrogen-bond donors (Lipinski definition) is 2. The largest absolute Gasteiger partial charge is 0.481 e. The molecule has 1 amide bonds. The molecule has 0 bridgehead atoms. The zero-order chi connectivity index (χ0) is 27.4. The van der Waals surface area contributed by atoms with Gasteiger partial charge in [0.05, 0.1) is 31.1 Å². The first-order chi connectivity index (χ1) is 18.0. The number of nitrogens with one attached hydrogen (secondary N) is 2. The van der Waals surface area contributed by atoms with E-state index in [-0.39, 0.29) is 28.3 Å². The third-order valence-corrected chi connectivity index (χ3v) is 5.39. The second kappa shape index (κ2) is 10.8. The first-order valence-corrected chi connectivity index (χ1v) is 11.1. The van der Waals surface area contributed by atoms with Crippen LogP contribution in [-0.4, -0.2) is 46.5 Å². The lowest BCUT2D eigenvalue weighted by Gasteiger charge is -2.18. The minimum absolute atomic E-state index is 0.121. The Hall–Kier alpha value is -4.55. The number of allylic oxidation sites excluding steroid dienone is 1. The Morgan fingerprint density at radius 3 is 2.47 bits per heavy atom. The maximum absolute atomic E-state index is 14.8. The average molecular weight is 532 g/mol. The monoisotopic (exact) mass is 532 g/mol. The normalized spacial score (nSPS) is 13.2. The summed E-state index contributed by atoms with van der Waals surface area (Å²) in [6, 6.07) is 2.39. The Kier molecular flexibility index (Phi) is 7.55. The van der Waals surface area contributed by atoms with Gasteiger partial charge in [-0.15, -0.1) is 0 Å². The van der Waals surface area contributed by atoms with Crippen LogP contribution in [0.5, 0.6) is 5.88 Å². The van der Waals surface area contributed by atoms with Crippen LogP contribution in [0.25, 0.3) is 11.1 Å². The van der Waals surface area contributed by atoms with E-state index in [0.717, 1.165) is 37.7 Å². The van der Waals surface area contributed by atoms with Crippen LogP contribution >= 0.6 is 0 Å². The highest BCUT2D eigenvalue weighted by molar-refractivity contribution is 5.92. The lowest BCUT2D eigenvalue weighted by Crippen LogP contribution is -2.17. The molecule has 0 unspecified atom stereocenters. The molecule has 198 valence electrons. The standard InChI is InChI=1S/C25H21F5N6O2/c1-36-5-3-4-16(13-36)35-24-32-10-15(11-33-24)18-9-20(26)14(6-21(18)27)7-22(37)34-17-8-19(25(28,29)30)23(38-2)31-12-17/h3-4,6,8-13H,5,7H2,1-2H3,(H,34,37)(H,32,33,35). The Bertz CT molecular complexity index is 1410. The third kappa shape index (κ3) is 6.22. The zero-order valence-corrected chi connectivity index (χ0v) is 20.1. The molecular formula is C25H21F5N6O2. The molecule has 0 radical (unpaired) electrons. The number of nitrogens with zero attached hydrogens (tertiary/aromatic N) is 4. The molecule has 1 aliphatic rings. The summed E-state index contributed by atoms with van der Waals surface area (Å²) in [6.07, 6.45) is 3.88. The van der Waals surface area contributed by atoms with Crippen molar-refractivity contribution in [1.29, 1.82) is 0 Å². The summed E-state index contributed by atoms with van der Waals surface area (Å²) in [5.74, 6) is -2.99. The van der Waals surface area contributed by atoms with Gasteiger partial charge in [0.15, 0.2) is 0 Å². The van der Waals surface area contributed by atoms with E-state index in [1.807, 2.05) is 30.3 Å². The lowest BCUT2D eigenvalue weighted by molar-refractivity contribution is -0.139. The summed E-state index contributed by atoms with van der Waals surface area (Å²) in [5.41, 5.74) is -0.923. The van der Waals surface area contributed by atoms with E-state index in [9.17, 15) is 26.7 Å². The van der Waals surface area contributed by atoms with Gasteiger partial charge < -0.3 is 20.3 Å². The predicted molar refractivity (Wildman–Crippen MR) is 129 cm³/mol. The minimum Gasteiger partial charge on any atom is -0.481 e. The van der Waals surface area contributed by atoms with Crippen molar-refractivity contribution in [2.45, 2.75) is 12.6 Å². The van der Waals surface area contributed by atoms with Crippen LogP contribution in [0.4, 0.5) is 33.6 Å². The Balaban J connectivity index is 1.46. The van der Waals surface area contributed by atoms with Gasteiger partial charge in [-0.3, -0.25) is 4.79 Å². The number of aromatic nitrogens is 3. The van der Waals surface area contributed by atoms with Crippen LogP contribution in [0.2, 0.25) is 0 Å². The number of ether oxygens (including phenoxy) is 1. The van der Waals surface area contributed by atoms with Crippen molar-refractivity contribution in [1.82, 2.24) is 19.9 Å². The number of methoxy groups -OCH3 is 1. The number of halogens is 5. The number of benzene rings is 1. The molecule has 2 N–H and O–H groups in total. The highest BCUT2D eigenvalue weighted by Gasteiger charge is 2.35. The van der Waals surface area contributed by atoms with Gasteiger partial charge in [-0.25, -0.2) is 23.7 Å². The molecule has 38 heavy (non-hydrogen) atoms. The Morgan fingerprint density at radius 2 is 1.82 bits per heavy atom. The molecule has 3 aromatic rings. The number of hydrogen-bond acceptors (Lipinski definition) is 7. The average Bonchev–Trinajstić information content (AvgIpc) is 2.86. The predicted octanol–water partition coefficient (Wildman–Crippen LogP) is 4.78. The van der Waals surface area contributed by atoms with Crippen LogP contribution in [0.15, 0.2) is 60.8 Å². The smallest absolute Gasteiger partial charge is 0.421 e. The number of amides is 1. The molecule has 0 saturated heterocycles.